The van der Waals surface area contributed by atoms with Gasteiger partial charge in [-0.05, 0) is 50.3 Å². The molecule has 3 nitrogen and oxygen atoms in total. The molecule has 26 heavy (non-hydrogen) atoms. The molecule has 0 saturated carbocycles. The van der Waals surface area contributed by atoms with Crippen molar-refractivity contribution in [2.24, 2.45) is 5.92 Å². The number of unbranched alkanes of at least 4 members (excludes halogenated alkanes) is 2. The topological polar surface area (TPSA) is 35.5 Å². The van der Waals surface area contributed by atoms with E-state index in [1.165, 1.54) is 18.4 Å². The maximum Gasteiger partial charge on any atom is 0.126 e. The number of allylic oxidation sites excluding steroid dienone is 2. The van der Waals surface area contributed by atoms with E-state index in [4.69, 9.17) is 9.47 Å². The highest BCUT2D eigenvalue weighted by Crippen LogP contribution is 2.42. The molecule has 0 amide bonds. The van der Waals surface area contributed by atoms with Gasteiger partial charge in [0.2, 0.25) is 0 Å². The fourth-order valence-corrected chi connectivity index (χ4v) is 3.30. The van der Waals surface area contributed by atoms with Crippen LogP contribution in [0.2, 0.25) is 0 Å². The summed E-state index contributed by atoms with van der Waals surface area (Å²) in [5, 5.41) is 0. The van der Waals surface area contributed by atoms with E-state index < -0.39 is 0 Å². The zero-order valence-electron chi connectivity index (χ0n) is 16.8. The molecule has 0 aromatic heterocycles. The Morgan fingerprint density at radius 2 is 1.81 bits per heavy atom. The Bertz CT molecular complexity index is 578. The second-order valence-electron chi connectivity index (χ2n) is 6.93. The minimum absolute atomic E-state index is 0.151. The van der Waals surface area contributed by atoms with Crippen molar-refractivity contribution in [1.82, 2.24) is 0 Å². The van der Waals surface area contributed by atoms with Crippen molar-refractivity contribution < 1.29 is 14.3 Å². The average Bonchev–Trinajstić information content (AvgIpc) is 2.64. The van der Waals surface area contributed by atoms with Crippen molar-refractivity contribution in [3.8, 4) is 11.5 Å². The van der Waals surface area contributed by atoms with Crippen molar-refractivity contribution in [3.63, 3.8) is 0 Å². The second kappa shape index (κ2) is 11.6. The van der Waals surface area contributed by atoms with Gasteiger partial charge in [0.05, 0.1) is 14.2 Å². The normalized spacial score (nSPS) is 12.9. The van der Waals surface area contributed by atoms with Crippen LogP contribution in [0, 0.1) is 5.92 Å². The molecule has 0 unspecified atom stereocenters. The molecular formula is C23H34O3. The van der Waals surface area contributed by atoms with Crippen molar-refractivity contribution in [1.29, 1.82) is 0 Å². The lowest BCUT2D eigenvalue weighted by molar-refractivity contribution is -0.111. The molecule has 144 valence electrons. The van der Waals surface area contributed by atoms with Crippen LogP contribution in [0.15, 0.2) is 36.9 Å². The van der Waals surface area contributed by atoms with Gasteiger partial charge < -0.3 is 14.3 Å². The Hall–Kier alpha value is -2.03. The number of hydrogen-bond acceptors (Lipinski definition) is 3. The number of ether oxygens (including phenoxy) is 2. The molecule has 1 rings (SSSR count). The van der Waals surface area contributed by atoms with Crippen LogP contribution in [0.25, 0.3) is 0 Å². The summed E-state index contributed by atoms with van der Waals surface area (Å²) in [6.07, 6.45) is 8.92. The van der Waals surface area contributed by atoms with Gasteiger partial charge in [-0.1, -0.05) is 31.4 Å². The molecule has 0 N–H and O–H groups in total. The van der Waals surface area contributed by atoms with E-state index >= 15 is 0 Å². The molecule has 0 spiro atoms. The third-order valence-electron chi connectivity index (χ3n) is 4.80. The van der Waals surface area contributed by atoms with Crippen LogP contribution < -0.4 is 9.47 Å². The standard InChI is InChI=1S/C23H34O3/c1-7-9-10-11-18-14-21(25-5)23(22(15-18)26-6)20(8-2)19(16-24)13-12-17(3)4/h8,14-16,19-20H,2-3,7,9-13H2,1,4-6H3/t19-,20-/m0/s1. The van der Waals surface area contributed by atoms with Gasteiger partial charge in [-0.15, -0.1) is 13.2 Å². The first kappa shape index (κ1) is 22.0. The average molecular weight is 359 g/mol. The molecule has 0 aliphatic carbocycles. The largest absolute Gasteiger partial charge is 0.496 e. The molecular weight excluding hydrogens is 324 g/mol. The van der Waals surface area contributed by atoms with Gasteiger partial charge in [0.1, 0.15) is 17.8 Å². The number of aryl methyl sites for hydroxylation is 1. The minimum atomic E-state index is -0.182. The number of carbonyl (C=O) groups is 1. The summed E-state index contributed by atoms with van der Waals surface area (Å²) in [6.45, 7) is 12.1. The Kier molecular flexibility index (Phi) is 9.79. The lowest BCUT2D eigenvalue weighted by Crippen LogP contribution is -2.15. The molecule has 1 aromatic carbocycles. The lowest BCUT2D eigenvalue weighted by atomic mass is 9.82. The van der Waals surface area contributed by atoms with Crippen LogP contribution in [0.4, 0.5) is 0 Å². The van der Waals surface area contributed by atoms with Gasteiger partial charge in [-0.3, -0.25) is 0 Å². The molecule has 0 bridgehead atoms. The fraction of sp³-hybridized carbons (Fsp3) is 0.522. The van der Waals surface area contributed by atoms with Crippen molar-refractivity contribution in [3.05, 3.63) is 48.1 Å². The SMILES string of the molecule is C=C[C@H](c1c(OC)cc(CCCCC)cc1OC)[C@H](C=O)CCC(=C)C. The summed E-state index contributed by atoms with van der Waals surface area (Å²) in [5.74, 6) is 1.20. The monoisotopic (exact) mass is 358 g/mol. The maximum atomic E-state index is 11.8. The van der Waals surface area contributed by atoms with Crippen molar-refractivity contribution in [2.45, 2.75) is 58.3 Å². The number of aldehydes is 1. The third kappa shape index (κ3) is 6.05. The predicted octanol–water partition coefficient (Wildman–Crippen LogP) is 5.88. The van der Waals surface area contributed by atoms with Gasteiger partial charge in [-0.25, -0.2) is 0 Å². The van der Waals surface area contributed by atoms with Crippen molar-refractivity contribution >= 4 is 6.29 Å². The van der Waals surface area contributed by atoms with E-state index in [2.05, 4.69) is 32.2 Å². The first-order valence-electron chi connectivity index (χ1n) is 9.49. The molecule has 2 atom stereocenters. The van der Waals surface area contributed by atoms with Crippen LogP contribution >= 0.6 is 0 Å². The molecule has 0 saturated heterocycles. The van der Waals surface area contributed by atoms with Crippen LogP contribution in [0.1, 0.15) is 63.0 Å². The first-order chi connectivity index (χ1) is 12.5. The Morgan fingerprint density at radius 1 is 1.19 bits per heavy atom. The smallest absolute Gasteiger partial charge is 0.126 e. The molecule has 0 aliphatic rings. The lowest BCUT2D eigenvalue weighted by Gasteiger charge is -2.25. The van der Waals surface area contributed by atoms with Gasteiger partial charge in [0, 0.05) is 17.4 Å². The van der Waals surface area contributed by atoms with E-state index in [0.29, 0.717) is 0 Å². The highest BCUT2D eigenvalue weighted by atomic mass is 16.5. The molecule has 0 fully saturated rings. The Morgan fingerprint density at radius 3 is 2.23 bits per heavy atom. The number of benzene rings is 1. The molecule has 1 aromatic rings. The number of carbonyl (C=O) groups excluding carboxylic acids is 1. The van der Waals surface area contributed by atoms with E-state index in [1.54, 1.807) is 14.2 Å². The third-order valence-corrected chi connectivity index (χ3v) is 4.80. The zero-order valence-corrected chi connectivity index (χ0v) is 16.8. The summed E-state index contributed by atoms with van der Waals surface area (Å²) in [4.78, 5) is 11.8. The van der Waals surface area contributed by atoms with E-state index in [1.807, 2.05) is 13.0 Å². The quantitative estimate of drug-likeness (QED) is 0.251. The van der Waals surface area contributed by atoms with Crippen LogP contribution in [-0.2, 0) is 11.2 Å². The highest BCUT2D eigenvalue weighted by molar-refractivity contribution is 5.61. The fourth-order valence-electron chi connectivity index (χ4n) is 3.30. The van der Waals surface area contributed by atoms with Crippen LogP contribution in [-0.4, -0.2) is 20.5 Å². The van der Waals surface area contributed by atoms with Gasteiger partial charge in [0.25, 0.3) is 0 Å². The van der Waals surface area contributed by atoms with Crippen molar-refractivity contribution in [2.75, 3.05) is 14.2 Å². The molecule has 0 radical (unpaired) electrons. The zero-order chi connectivity index (χ0) is 19.5. The number of rotatable bonds is 13. The Labute approximate surface area is 159 Å². The van der Waals surface area contributed by atoms with Crippen LogP contribution in [0.3, 0.4) is 0 Å². The summed E-state index contributed by atoms with van der Waals surface area (Å²) in [7, 11) is 3.33. The molecule has 0 aliphatic heterocycles. The van der Waals surface area contributed by atoms with E-state index in [-0.39, 0.29) is 11.8 Å². The number of methoxy groups -OCH3 is 2. The highest BCUT2D eigenvalue weighted by Gasteiger charge is 2.27. The van der Waals surface area contributed by atoms with Gasteiger partial charge >= 0.3 is 0 Å². The molecule has 0 heterocycles. The maximum absolute atomic E-state index is 11.8. The molecule has 3 heteroatoms. The second-order valence-corrected chi connectivity index (χ2v) is 6.93. The first-order valence-corrected chi connectivity index (χ1v) is 9.49. The Balaban J connectivity index is 3.25. The van der Waals surface area contributed by atoms with Gasteiger partial charge in [-0.2, -0.15) is 0 Å². The summed E-state index contributed by atoms with van der Waals surface area (Å²) < 4.78 is 11.4. The summed E-state index contributed by atoms with van der Waals surface area (Å²) >= 11 is 0. The predicted molar refractivity (Wildman–Crippen MR) is 109 cm³/mol. The minimum Gasteiger partial charge on any atom is -0.496 e. The van der Waals surface area contributed by atoms with Gasteiger partial charge in [0.15, 0.2) is 0 Å². The summed E-state index contributed by atoms with van der Waals surface area (Å²) in [5.41, 5.74) is 3.18. The summed E-state index contributed by atoms with van der Waals surface area (Å²) in [6, 6.07) is 4.15. The number of hydrogen-bond donors (Lipinski definition) is 0. The van der Waals surface area contributed by atoms with Crippen LogP contribution in [0.5, 0.6) is 11.5 Å². The van der Waals surface area contributed by atoms with E-state index in [0.717, 1.165) is 54.6 Å². The van der Waals surface area contributed by atoms with E-state index in [9.17, 15) is 4.79 Å².